The Bertz CT molecular complexity index is 1110. The van der Waals surface area contributed by atoms with Gasteiger partial charge in [-0.1, -0.05) is 0 Å². The number of ether oxygens (including phenoxy) is 2. The van der Waals surface area contributed by atoms with Gasteiger partial charge in [0, 0.05) is 32.4 Å². The van der Waals surface area contributed by atoms with Crippen molar-refractivity contribution in [3.63, 3.8) is 0 Å². The molecule has 0 saturated heterocycles. The molecule has 0 unspecified atom stereocenters. The van der Waals surface area contributed by atoms with Crippen molar-refractivity contribution in [2.45, 2.75) is 13.1 Å². The van der Waals surface area contributed by atoms with Crippen LogP contribution < -0.4 is 15.8 Å². The fraction of sp³-hybridized carbons (Fsp3) is 0.250. The number of carbonyl (C=O) groups excluding carboxylic acids is 1. The van der Waals surface area contributed by atoms with Gasteiger partial charge >= 0.3 is 12.1 Å². The van der Waals surface area contributed by atoms with Gasteiger partial charge in [-0.05, 0) is 25.1 Å². The van der Waals surface area contributed by atoms with Crippen LogP contribution in [-0.2, 0) is 18.0 Å². The van der Waals surface area contributed by atoms with Gasteiger partial charge in [-0.15, -0.1) is 0 Å². The Labute approximate surface area is 175 Å². The number of imidazole rings is 1. The molecule has 3 aromatic rings. The molecule has 31 heavy (non-hydrogen) atoms. The molecule has 0 bridgehead atoms. The van der Waals surface area contributed by atoms with E-state index in [1.54, 1.807) is 25.2 Å². The maximum Gasteiger partial charge on any atom is 0.433 e. The molecule has 0 fully saturated rings. The SMILES string of the molecule is CCOC(=O)c1nc(-c2cc(Oc3ccc(NC)c(N)c3)ccn2)n(C)c1C(F)(F)F. The highest BCUT2D eigenvalue weighted by Crippen LogP contribution is 2.36. The first-order valence-electron chi connectivity index (χ1n) is 9.18. The number of rotatable bonds is 6. The lowest BCUT2D eigenvalue weighted by atomic mass is 10.2. The van der Waals surface area contributed by atoms with E-state index >= 15 is 0 Å². The number of hydrogen-bond acceptors (Lipinski definition) is 7. The lowest BCUT2D eigenvalue weighted by Gasteiger charge is -2.11. The number of anilines is 2. The summed E-state index contributed by atoms with van der Waals surface area (Å²) in [5.74, 6) is -0.595. The lowest BCUT2D eigenvalue weighted by Crippen LogP contribution is -2.18. The van der Waals surface area contributed by atoms with Crippen molar-refractivity contribution in [1.29, 1.82) is 0 Å². The van der Waals surface area contributed by atoms with Gasteiger partial charge in [0.2, 0.25) is 0 Å². The summed E-state index contributed by atoms with van der Waals surface area (Å²) >= 11 is 0. The third-order valence-corrected chi connectivity index (χ3v) is 4.32. The molecule has 0 spiro atoms. The van der Waals surface area contributed by atoms with Gasteiger partial charge in [-0.2, -0.15) is 13.2 Å². The van der Waals surface area contributed by atoms with Gasteiger partial charge in [0.15, 0.2) is 17.2 Å². The van der Waals surface area contributed by atoms with Crippen LogP contribution >= 0.6 is 0 Å². The highest BCUT2D eigenvalue weighted by atomic mass is 19.4. The predicted molar refractivity (Wildman–Crippen MR) is 108 cm³/mol. The van der Waals surface area contributed by atoms with E-state index in [4.69, 9.17) is 15.2 Å². The standard InChI is InChI=1S/C20H20F3N5O3/c1-4-30-19(29)16-17(20(21,22)23)28(3)18(27-16)15-10-12(7-8-26-15)31-11-5-6-14(25-2)13(24)9-11/h5-10,25H,4,24H2,1-3H3. The maximum atomic E-state index is 13.6. The number of nitrogens with zero attached hydrogens (tertiary/aromatic N) is 3. The molecule has 0 aliphatic carbocycles. The number of alkyl halides is 3. The Morgan fingerprint density at radius 2 is 1.94 bits per heavy atom. The molecule has 0 atom stereocenters. The molecule has 2 heterocycles. The number of esters is 1. The van der Waals surface area contributed by atoms with Crippen LogP contribution in [0.5, 0.6) is 11.5 Å². The van der Waals surface area contributed by atoms with E-state index in [0.29, 0.717) is 17.2 Å². The first-order valence-corrected chi connectivity index (χ1v) is 9.18. The van der Waals surface area contributed by atoms with E-state index in [9.17, 15) is 18.0 Å². The van der Waals surface area contributed by atoms with E-state index < -0.39 is 23.5 Å². The molecular formula is C20H20F3N5O3. The zero-order chi connectivity index (χ0) is 22.8. The Balaban J connectivity index is 2.00. The molecule has 8 nitrogen and oxygen atoms in total. The zero-order valence-corrected chi connectivity index (χ0v) is 16.9. The second kappa shape index (κ2) is 8.54. The highest BCUT2D eigenvalue weighted by molar-refractivity contribution is 5.89. The number of pyridine rings is 1. The van der Waals surface area contributed by atoms with Crippen LogP contribution in [-0.4, -0.2) is 34.2 Å². The first-order chi connectivity index (χ1) is 14.7. The number of carbonyl (C=O) groups is 1. The van der Waals surface area contributed by atoms with E-state index in [1.165, 1.54) is 25.3 Å². The second-order valence-corrected chi connectivity index (χ2v) is 6.39. The van der Waals surface area contributed by atoms with Crippen molar-refractivity contribution < 1.29 is 27.4 Å². The van der Waals surface area contributed by atoms with Gasteiger partial charge in [0.05, 0.1) is 18.0 Å². The van der Waals surface area contributed by atoms with Crippen LogP contribution in [0.4, 0.5) is 24.5 Å². The molecule has 11 heteroatoms. The van der Waals surface area contributed by atoms with Crippen LogP contribution in [0.2, 0.25) is 0 Å². The van der Waals surface area contributed by atoms with E-state index in [0.717, 1.165) is 17.3 Å². The van der Waals surface area contributed by atoms with Gasteiger partial charge in [0.25, 0.3) is 0 Å². The number of hydrogen-bond donors (Lipinski definition) is 2. The predicted octanol–water partition coefficient (Wildman–Crippen LogP) is 4.09. The Morgan fingerprint density at radius 3 is 2.55 bits per heavy atom. The molecule has 0 amide bonds. The monoisotopic (exact) mass is 435 g/mol. The van der Waals surface area contributed by atoms with Gasteiger partial charge in [-0.3, -0.25) is 4.98 Å². The quantitative estimate of drug-likeness (QED) is 0.444. The van der Waals surface area contributed by atoms with Crippen LogP contribution in [0.3, 0.4) is 0 Å². The molecule has 2 aromatic heterocycles. The second-order valence-electron chi connectivity index (χ2n) is 6.39. The molecular weight excluding hydrogens is 415 g/mol. The number of nitrogens with two attached hydrogens (primary N) is 1. The Morgan fingerprint density at radius 1 is 1.23 bits per heavy atom. The minimum absolute atomic E-state index is 0.0841. The smallest absolute Gasteiger partial charge is 0.433 e. The normalized spacial score (nSPS) is 11.3. The number of halogens is 3. The summed E-state index contributed by atoms with van der Waals surface area (Å²) in [4.78, 5) is 20.0. The fourth-order valence-corrected chi connectivity index (χ4v) is 2.96. The zero-order valence-electron chi connectivity index (χ0n) is 16.9. The van der Waals surface area contributed by atoms with Crippen molar-refractivity contribution in [3.8, 4) is 23.0 Å². The average molecular weight is 435 g/mol. The molecule has 164 valence electrons. The van der Waals surface area contributed by atoms with Crippen molar-refractivity contribution in [3.05, 3.63) is 47.9 Å². The largest absolute Gasteiger partial charge is 0.461 e. The molecule has 0 aliphatic rings. The minimum Gasteiger partial charge on any atom is -0.461 e. The first kappa shape index (κ1) is 21.9. The van der Waals surface area contributed by atoms with Crippen molar-refractivity contribution >= 4 is 17.3 Å². The van der Waals surface area contributed by atoms with Gasteiger partial charge in [-0.25, -0.2) is 9.78 Å². The number of aromatic nitrogens is 3. The summed E-state index contributed by atoms with van der Waals surface area (Å²) in [6, 6.07) is 7.97. The van der Waals surface area contributed by atoms with E-state index in [2.05, 4.69) is 15.3 Å². The summed E-state index contributed by atoms with van der Waals surface area (Å²) < 4.78 is 52.0. The van der Waals surface area contributed by atoms with Crippen molar-refractivity contribution in [2.24, 2.45) is 7.05 Å². The van der Waals surface area contributed by atoms with E-state index in [-0.39, 0.29) is 18.1 Å². The molecule has 3 rings (SSSR count). The number of benzene rings is 1. The third kappa shape index (κ3) is 4.55. The van der Waals surface area contributed by atoms with Crippen LogP contribution in [0.15, 0.2) is 36.5 Å². The molecule has 0 saturated carbocycles. The number of nitrogen functional groups attached to an aromatic ring is 1. The highest BCUT2D eigenvalue weighted by Gasteiger charge is 2.42. The van der Waals surface area contributed by atoms with Crippen LogP contribution in [0.25, 0.3) is 11.5 Å². The maximum absolute atomic E-state index is 13.6. The van der Waals surface area contributed by atoms with Crippen LogP contribution in [0, 0.1) is 0 Å². The van der Waals surface area contributed by atoms with E-state index in [1.807, 2.05) is 0 Å². The summed E-state index contributed by atoms with van der Waals surface area (Å²) in [6.45, 7) is 1.41. The molecule has 1 aromatic carbocycles. The molecule has 3 N–H and O–H groups in total. The lowest BCUT2D eigenvalue weighted by molar-refractivity contribution is -0.143. The Hall–Kier alpha value is -3.76. The van der Waals surface area contributed by atoms with Gasteiger partial charge < -0.3 is 25.1 Å². The number of nitrogens with one attached hydrogen (secondary N) is 1. The summed E-state index contributed by atoms with van der Waals surface area (Å²) in [5.41, 5.74) is 5.15. The van der Waals surface area contributed by atoms with Gasteiger partial charge in [0.1, 0.15) is 17.2 Å². The van der Waals surface area contributed by atoms with Crippen molar-refractivity contribution in [2.75, 3.05) is 24.7 Å². The summed E-state index contributed by atoms with van der Waals surface area (Å²) in [5, 5.41) is 2.93. The fourth-order valence-electron chi connectivity index (χ4n) is 2.96. The van der Waals surface area contributed by atoms with Crippen LogP contribution in [0.1, 0.15) is 23.1 Å². The Kier molecular flexibility index (Phi) is 6.04. The average Bonchev–Trinajstić information content (AvgIpc) is 3.06. The minimum atomic E-state index is -4.82. The summed E-state index contributed by atoms with van der Waals surface area (Å²) in [7, 11) is 2.88. The topological polar surface area (TPSA) is 104 Å². The molecule has 0 radical (unpaired) electrons. The molecule has 0 aliphatic heterocycles. The third-order valence-electron chi connectivity index (χ3n) is 4.32. The van der Waals surface area contributed by atoms with Crippen molar-refractivity contribution in [1.82, 2.24) is 14.5 Å². The summed E-state index contributed by atoms with van der Waals surface area (Å²) in [6.07, 6.45) is -3.45.